The number of nitrogens with one attached hydrogen (secondary N) is 1. The number of anilines is 1. The number of hydrogen-bond donors (Lipinski definition) is 1. The number of carbonyl (C=O) groups excluding carboxylic acids is 3. The summed E-state index contributed by atoms with van der Waals surface area (Å²) in [5.74, 6) is -0.358. The molecule has 4 rings (SSSR count). The number of hydrogen-bond acceptors (Lipinski definition) is 7. The minimum atomic E-state index is -0.434. The van der Waals surface area contributed by atoms with Crippen LogP contribution in [-0.4, -0.2) is 58.8 Å². The second-order valence-corrected chi connectivity index (χ2v) is 7.32. The molecule has 3 heterocycles. The van der Waals surface area contributed by atoms with E-state index in [0.717, 1.165) is 17.7 Å². The van der Waals surface area contributed by atoms with E-state index in [1.54, 1.807) is 30.5 Å². The van der Waals surface area contributed by atoms with Crippen LogP contribution in [-0.2, 0) is 4.79 Å². The molecule has 2 aliphatic rings. The quantitative estimate of drug-likeness (QED) is 0.738. The predicted molar refractivity (Wildman–Crippen MR) is 107 cm³/mol. The molecule has 3 amide bonds. The number of aromatic nitrogens is 2. The van der Waals surface area contributed by atoms with Gasteiger partial charge in [0.2, 0.25) is 5.91 Å². The Balaban J connectivity index is 1.26. The molecule has 30 heavy (non-hydrogen) atoms. The van der Waals surface area contributed by atoms with E-state index in [4.69, 9.17) is 0 Å². The number of nitriles is 1. The Bertz CT molecular complexity index is 1000. The van der Waals surface area contributed by atoms with E-state index in [1.807, 2.05) is 4.90 Å². The van der Waals surface area contributed by atoms with Gasteiger partial charge in [0, 0.05) is 32.0 Å². The molecule has 9 nitrogen and oxygen atoms in total. The van der Waals surface area contributed by atoms with Crippen molar-refractivity contribution in [1.82, 2.24) is 20.2 Å². The summed E-state index contributed by atoms with van der Waals surface area (Å²) in [7, 11) is 0. The van der Waals surface area contributed by atoms with Gasteiger partial charge in [-0.3, -0.25) is 19.3 Å². The van der Waals surface area contributed by atoms with Gasteiger partial charge in [0.25, 0.3) is 11.8 Å². The fraction of sp³-hybridized carbons (Fsp3) is 0.333. The lowest BCUT2D eigenvalue weighted by atomic mass is 9.96. The molecule has 1 N–H and O–H groups in total. The van der Waals surface area contributed by atoms with Gasteiger partial charge >= 0.3 is 0 Å². The van der Waals surface area contributed by atoms with Crippen molar-refractivity contribution >= 4 is 23.5 Å². The van der Waals surface area contributed by atoms with Gasteiger partial charge in [0.15, 0.2) is 11.5 Å². The maximum absolute atomic E-state index is 12.4. The maximum atomic E-state index is 12.4. The maximum Gasteiger partial charge on any atom is 0.262 e. The third-order valence-electron chi connectivity index (χ3n) is 5.47. The monoisotopic (exact) mass is 404 g/mol. The number of imide groups is 1. The molecule has 152 valence electrons. The van der Waals surface area contributed by atoms with Gasteiger partial charge in [-0.1, -0.05) is 12.1 Å². The Morgan fingerprint density at radius 2 is 1.73 bits per heavy atom. The lowest BCUT2D eigenvalue weighted by Crippen LogP contribution is -2.43. The van der Waals surface area contributed by atoms with Crippen LogP contribution in [0.2, 0.25) is 0 Å². The van der Waals surface area contributed by atoms with E-state index in [0.29, 0.717) is 42.3 Å². The lowest BCUT2D eigenvalue weighted by Gasteiger charge is -2.33. The molecule has 0 saturated carbocycles. The molecule has 2 aromatic rings. The number of amides is 3. The fourth-order valence-corrected chi connectivity index (χ4v) is 3.83. The molecular formula is C21H20N6O3. The van der Waals surface area contributed by atoms with Gasteiger partial charge in [-0.05, 0) is 30.9 Å². The Labute approximate surface area is 173 Å². The smallest absolute Gasteiger partial charge is 0.262 e. The third-order valence-corrected chi connectivity index (χ3v) is 5.47. The van der Waals surface area contributed by atoms with Gasteiger partial charge in [0.05, 0.1) is 11.1 Å². The largest absolute Gasteiger partial charge is 0.354 e. The highest BCUT2D eigenvalue weighted by atomic mass is 16.2. The number of piperidine rings is 1. The Morgan fingerprint density at radius 1 is 1.10 bits per heavy atom. The SMILES string of the molecule is N#Cc1nccnc1N1CCC(CNC(=O)CN2C(=O)c3ccccc3C2=O)CC1. The van der Waals surface area contributed by atoms with Crippen LogP contribution in [0, 0.1) is 17.2 Å². The van der Waals surface area contributed by atoms with E-state index in [2.05, 4.69) is 21.4 Å². The van der Waals surface area contributed by atoms with Gasteiger partial charge in [-0.25, -0.2) is 9.97 Å². The number of benzene rings is 1. The average molecular weight is 404 g/mol. The van der Waals surface area contributed by atoms with Crippen molar-refractivity contribution in [3.8, 4) is 6.07 Å². The highest BCUT2D eigenvalue weighted by Crippen LogP contribution is 2.24. The summed E-state index contributed by atoms with van der Waals surface area (Å²) < 4.78 is 0. The van der Waals surface area contributed by atoms with E-state index in [9.17, 15) is 19.6 Å². The van der Waals surface area contributed by atoms with Crippen LogP contribution < -0.4 is 10.2 Å². The van der Waals surface area contributed by atoms with Gasteiger partial charge in [-0.2, -0.15) is 5.26 Å². The highest BCUT2D eigenvalue weighted by Gasteiger charge is 2.36. The summed E-state index contributed by atoms with van der Waals surface area (Å²) in [5.41, 5.74) is 0.983. The minimum absolute atomic E-state index is 0.273. The van der Waals surface area contributed by atoms with Gasteiger partial charge < -0.3 is 10.2 Å². The van der Waals surface area contributed by atoms with Crippen LogP contribution in [0.1, 0.15) is 39.3 Å². The van der Waals surface area contributed by atoms with Gasteiger partial charge in [-0.15, -0.1) is 0 Å². The second kappa shape index (κ2) is 8.29. The molecule has 1 aromatic carbocycles. The van der Waals surface area contributed by atoms with E-state index < -0.39 is 11.8 Å². The fourth-order valence-electron chi connectivity index (χ4n) is 3.83. The highest BCUT2D eigenvalue weighted by molar-refractivity contribution is 6.22. The first kappa shape index (κ1) is 19.5. The second-order valence-electron chi connectivity index (χ2n) is 7.32. The van der Waals surface area contributed by atoms with Crippen molar-refractivity contribution < 1.29 is 14.4 Å². The molecular weight excluding hydrogens is 384 g/mol. The van der Waals surface area contributed by atoms with Crippen molar-refractivity contribution in [3.63, 3.8) is 0 Å². The summed E-state index contributed by atoms with van der Waals surface area (Å²) >= 11 is 0. The van der Waals surface area contributed by atoms with Crippen molar-refractivity contribution in [1.29, 1.82) is 5.26 Å². The molecule has 0 aliphatic carbocycles. The molecule has 0 radical (unpaired) electrons. The first-order chi connectivity index (χ1) is 14.6. The molecule has 1 aromatic heterocycles. The summed E-state index contributed by atoms with van der Waals surface area (Å²) in [4.78, 5) is 48.4. The predicted octanol–water partition coefficient (Wildman–Crippen LogP) is 0.977. The van der Waals surface area contributed by atoms with Crippen LogP contribution in [0.25, 0.3) is 0 Å². The zero-order chi connectivity index (χ0) is 21.1. The topological polar surface area (TPSA) is 119 Å². The van der Waals surface area contributed by atoms with Crippen LogP contribution >= 0.6 is 0 Å². The Hall–Kier alpha value is -3.80. The Morgan fingerprint density at radius 3 is 2.37 bits per heavy atom. The van der Waals surface area contributed by atoms with Crippen LogP contribution in [0.5, 0.6) is 0 Å². The summed E-state index contributed by atoms with van der Waals surface area (Å²) in [6, 6.07) is 8.64. The molecule has 9 heteroatoms. The number of fused-ring (bicyclic) bond motifs is 1. The first-order valence-electron chi connectivity index (χ1n) is 9.76. The van der Waals surface area contributed by atoms with Crippen molar-refractivity contribution in [3.05, 3.63) is 53.5 Å². The zero-order valence-electron chi connectivity index (χ0n) is 16.2. The molecule has 0 spiro atoms. The van der Waals surface area contributed by atoms with E-state index in [-0.39, 0.29) is 18.4 Å². The summed E-state index contributed by atoms with van der Waals surface area (Å²) in [6.45, 7) is 1.62. The van der Waals surface area contributed by atoms with Crippen LogP contribution in [0.4, 0.5) is 5.82 Å². The van der Waals surface area contributed by atoms with Crippen molar-refractivity contribution in [2.45, 2.75) is 12.8 Å². The summed E-state index contributed by atoms with van der Waals surface area (Å²) in [6.07, 6.45) is 4.73. The van der Waals surface area contributed by atoms with Crippen molar-refractivity contribution in [2.24, 2.45) is 5.92 Å². The van der Waals surface area contributed by atoms with Crippen LogP contribution in [0.3, 0.4) is 0 Å². The molecule has 0 atom stereocenters. The molecule has 0 unspecified atom stereocenters. The lowest BCUT2D eigenvalue weighted by molar-refractivity contribution is -0.121. The molecule has 2 aliphatic heterocycles. The van der Waals surface area contributed by atoms with Crippen LogP contribution in [0.15, 0.2) is 36.7 Å². The number of carbonyl (C=O) groups is 3. The Kier molecular flexibility index (Phi) is 5.39. The number of rotatable bonds is 5. The first-order valence-corrected chi connectivity index (χ1v) is 9.76. The normalized spacial score (nSPS) is 16.4. The van der Waals surface area contributed by atoms with Gasteiger partial charge in [0.1, 0.15) is 12.6 Å². The number of nitrogens with zero attached hydrogens (tertiary/aromatic N) is 5. The minimum Gasteiger partial charge on any atom is -0.354 e. The molecule has 0 bridgehead atoms. The van der Waals surface area contributed by atoms with Crippen molar-refractivity contribution in [2.75, 3.05) is 31.1 Å². The molecule has 1 fully saturated rings. The average Bonchev–Trinajstić information content (AvgIpc) is 3.03. The zero-order valence-corrected chi connectivity index (χ0v) is 16.2. The standard InChI is InChI=1S/C21H20N6O3/c22-11-17-19(24-8-7-23-17)26-9-5-14(6-10-26)12-25-18(28)13-27-20(29)15-3-1-2-4-16(15)21(27)30/h1-4,7-8,14H,5-6,9-10,12-13H2,(H,25,28). The summed E-state index contributed by atoms with van der Waals surface area (Å²) in [5, 5.41) is 12.0. The van der Waals surface area contributed by atoms with E-state index in [1.165, 1.54) is 6.20 Å². The van der Waals surface area contributed by atoms with E-state index >= 15 is 0 Å². The molecule has 1 saturated heterocycles. The third kappa shape index (κ3) is 3.72.